The van der Waals surface area contributed by atoms with E-state index in [4.69, 9.17) is 45.1 Å². The minimum absolute atomic E-state index is 0.133. The first-order valence-corrected chi connectivity index (χ1v) is 12.1. The van der Waals surface area contributed by atoms with Crippen molar-refractivity contribution >= 4 is 40.4 Å². The summed E-state index contributed by atoms with van der Waals surface area (Å²) in [6.45, 7) is 0.374. The van der Waals surface area contributed by atoms with E-state index in [1.165, 1.54) is 0 Å². The molecule has 4 nitrogen and oxygen atoms in total. The number of ether oxygens (including phenoxy) is 1. The first-order valence-electron chi connectivity index (χ1n) is 11.0. The first-order chi connectivity index (χ1) is 15.9. The number of nitrogens with zero attached hydrogens (tertiary/aromatic N) is 1. The van der Waals surface area contributed by atoms with Crippen LogP contribution in [0.2, 0.25) is 10.0 Å². The van der Waals surface area contributed by atoms with Gasteiger partial charge in [-0.15, -0.1) is 0 Å². The molecule has 1 aromatic heterocycles. The molecule has 0 aliphatic heterocycles. The Balaban J connectivity index is 1.80. The van der Waals surface area contributed by atoms with E-state index in [0.717, 1.165) is 47.2 Å². The van der Waals surface area contributed by atoms with E-state index in [1.807, 2.05) is 48.5 Å². The molecule has 4 rings (SSSR count). The van der Waals surface area contributed by atoms with Gasteiger partial charge >= 0.3 is 0 Å². The second-order valence-corrected chi connectivity index (χ2v) is 9.61. The fourth-order valence-electron chi connectivity index (χ4n) is 4.24. The summed E-state index contributed by atoms with van der Waals surface area (Å²) >= 11 is 18.1. The van der Waals surface area contributed by atoms with Crippen LogP contribution in [0.25, 0.3) is 22.4 Å². The molecular formula is C26H26Cl2N2O2S. The summed E-state index contributed by atoms with van der Waals surface area (Å²) in [4.78, 5) is 5.62. The van der Waals surface area contributed by atoms with E-state index in [-0.39, 0.29) is 12.1 Å². The maximum Gasteiger partial charge on any atom is 0.125 e. The lowest BCUT2D eigenvalue weighted by molar-refractivity contribution is 0.117. The van der Waals surface area contributed by atoms with Crippen LogP contribution in [0.4, 0.5) is 0 Å². The summed E-state index contributed by atoms with van der Waals surface area (Å²) in [6.07, 6.45) is 3.19. The highest BCUT2D eigenvalue weighted by atomic mass is 35.5. The summed E-state index contributed by atoms with van der Waals surface area (Å²) in [7, 11) is 1.66. The molecule has 0 radical (unpaired) electrons. The Kier molecular flexibility index (Phi) is 7.99. The van der Waals surface area contributed by atoms with Crippen LogP contribution in [0.3, 0.4) is 0 Å². The SMILES string of the molecule is COCc1cc(-c2ccc(Cl)cc2)c(-c2ccc(Cl)cc2)nc1C(=S)NC1CCCC(O)C1. The van der Waals surface area contributed by atoms with Gasteiger partial charge in [-0.3, -0.25) is 0 Å². The maximum absolute atomic E-state index is 10.1. The van der Waals surface area contributed by atoms with Crippen LogP contribution >= 0.6 is 35.4 Å². The van der Waals surface area contributed by atoms with Crippen molar-refractivity contribution in [2.75, 3.05) is 7.11 Å². The van der Waals surface area contributed by atoms with Crippen molar-refractivity contribution in [1.29, 1.82) is 0 Å². The van der Waals surface area contributed by atoms with E-state index in [9.17, 15) is 5.11 Å². The molecule has 3 aromatic rings. The normalized spacial score (nSPS) is 18.2. The van der Waals surface area contributed by atoms with Crippen molar-refractivity contribution < 1.29 is 9.84 Å². The Morgan fingerprint density at radius 2 is 1.70 bits per heavy atom. The number of halogens is 2. The van der Waals surface area contributed by atoms with Gasteiger partial charge in [-0.25, -0.2) is 4.98 Å². The zero-order valence-electron chi connectivity index (χ0n) is 18.4. The fraction of sp³-hybridized carbons (Fsp3) is 0.308. The number of thiocarbonyl (C=S) groups is 1. The minimum atomic E-state index is -0.289. The number of hydrogen-bond donors (Lipinski definition) is 2. The topological polar surface area (TPSA) is 54.4 Å². The van der Waals surface area contributed by atoms with Crippen LogP contribution in [0, 0.1) is 0 Å². The lowest BCUT2D eigenvalue weighted by Gasteiger charge is -2.28. The van der Waals surface area contributed by atoms with Gasteiger partial charge in [0.2, 0.25) is 0 Å². The van der Waals surface area contributed by atoms with Gasteiger partial charge in [-0.1, -0.05) is 59.7 Å². The van der Waals surface area contributed by atoms with Crippen LogP contribution < -0.4 is 5.32 Å². The van der Waals surface area contributed by atoms with Crippen molar-refractivity contribution in [3.05, 3.63) is 75.9 Å². The zero-order chi connectivity index (χ0) is 23.4. The van der Waals surface area contributed by atoms with Crippen molar-refractivity contribution in [3.8, 4) is 22.4 Å². The van der Waals surface area contributed by atoms with E-state index in [0.29, 0.717) is 33.8 Å². The van der Waals surface area contributed by atoms with Gasteiger partial charge in [0.1, 0.15) is 10.7 Å². The third-order valence-corrected chi connectivity index (χ3v) is 6.69. The second kappa shape index (κ2) is 10.9. The summed E-state index contributed by atoms with van der Waals surface area (Å²) in [5.74, 6) is 0. The molecule has 0 amide bonds. The van der Waals surface area contributed by atoms with Crippen molar-refractivity contribution in [2.45, 2.75) is 44.4 Å². The van der Waals surface area contributed by atoms with Gasteiger partial charge in [0.15, 0.2) is 0 Å². The summed E-state index contributed by atoms with van der Waals surface area (Å²) < 4.78 is 5.49. The smallest absolute Gasteiger partial charge is 0.125 e. The Labute approximate surface area is 209 Å². The molecule has 172 valence electrons. The third kappa shape index (κ3) is 5.92. The number of nitrogens with one attached hydrogen (secondary N) is 1. The van der Waals surface area contributed by atoms with Gasteiger partial charge < -0.3 is 15.2 Å². The predicted molar refractivity (Wildman–Crippen MR) is 139 cm³/mol. The van der Waals surface area contributed by atoms with E-state index in [2.05, 4.69) is 11.4 Å². The summed E-state index contributed by atoms with van der Waals surface area (Å²) in [6, 6.07) is 17.5. The third-order valence-electron chi connectivity index (χ3n) is 5.87. The predicted octanol–water partition coefficient (Wildman–Crippen LogP) is 6.44. The number of methoxy groups -OCH3 is 1. The molecule has 1 saturated carbocycles. The number of rotatable bonds is 6. The molecule has 1 aliphatic carbocycles. The number of pyridine rings is 1. The van der Waals surface area contributed by atoms with Gasteiger partial charge in [0.05, 0.1) is 18.4 Å². The van der Waals surface area contributed by atoms with Crippen LogP contribution in [-0.2, 0) is 11.3 Å². The molecule has 7 heteroatoms. The number of aliphatic hydroxyl groups excluding tert-OH is 1. The average Bonchev–Trinajstić information content (AvgIpc) is 2.80. The van der Waals surface area contributed by atoms with Gasteiger partial charge in [-0.2, -0.15) is 0 Å². The lowest BCUT2D eigenvalue weighted by atomic mass is 9.92. The molecule has 1 aliphatic rings. The summed E-state index contributed by atoms with van der Waals surface area (Å²) in [5.41, 5.74) is 5.28. The van der Waals surface area contributed by atoms with Crippen LogP contribution in [-0.4, -0.2) is 34.3 Å². The highest BCUT2D eigenvalue weighted by Gasteiger charge is 2.23. The monoisotopic (exact) mass is 500 g/mol. The van der Waals surface area contributed by atoms with E-state index < -0.39 is 0 Å². The number of hydrogen-bond acceptors (Lipinski definition) is 4. The molecule has 1 fully saturated rings. The number of benzene rings is 2. The fourth-order valence-corrected chi connectivity index (χ4v) is 4.84. The molecular weight excluding hydrogens is 475 g/mol. The number of aliphatic hydroxyl groups is 1. The van der Waals surface area contributed by atoms with Gasteiger partial charge in [-0.05, 0) is 61.6 Å². The number of aromatic nitrogens is 1. The van der Waals surface area contributed by atoms with Crippen molar-refractivity contribution in [1.82, 2.24) is 10.3 Å². The highest BCUT2D eigenvalue weighted by molar-refractivity contribution is 7.80. The molecule has 2 N–H and O–H groups in total. The average molecular weight is 501 g/mol. The van der Waals surface area contributed by atoms with Gasteiger partial charge in [0.25, 0.3) is 0 Å². The Hall–Kier alpha value is -2.02. The van der Waals surface area contributed by atoms with Crippen LogP contribution in [0.15, 0.2) is 54.6 Å². The Morgan fingerprint density at radius 1 is 1.06 bits per heavy atom. The minimum Gasteiger partial charge on any atom is -0.393 e. The molecule has 2 atom stereocenters. The highest BCUT2D eigenvalue weighted by Crippen LogP contribution is 2.34. The molecule has 2 aromatic carbocycles. The Bertz CT molecular complexity index is 1120. The summed E-state index contributed by atoms with van der Waals surface area (Å²) in [5, 5.41) is 14.8. The Morgan fingerprint density at radius 3 is 2.30 bits per heavy atom. The molecule has 0 saturated heterocycles. The quantitative estimate of drug-likeness (QED) is 0.381. The standard InChI is InChI=1S/C26H26Cl2N2O2S/c1-32-15-18-13-23(16-5-9-19(27)10-6-16)24(17-7-11-20(28)12-8-17)30-25(18)26(33)29-21-3-2-4-22(31)14-21/h5-13,21-22,31H,2-4,14-15H2,1H3,(H,29,33). The van der Waals surface area contributed by atoms with Crippen molar-refractivity contribution in [2.24, 2.45) is 0 Å². The zero-order valence-corrected chi connectivity index (χ0v) is 20.7. The van der Waals surface area contributed by atoms with E-state index in [1.54, 1.807) is 7.11 Å². The maximum atomic E-state index is 10.1. The molecule has 33 heavy (non-hydrogen) atoms. The molecule has 1 heterocycles. The lowest BCUT2D eigenvalue weighted by Crippen LogP contribution is -2.40. The second-order valence-electron chi connectivity index (χ2n) is 8.33. The van der Waals surface area contributed by atoms with Crippen molar-refractivity contribution in [3.63, 3.8) is 0 Å². The molecule has 0 bridgehead atoms. The van der Waals surface area contributed by atoms with Crippen LogP contribution in [0.5, 0.6) is 0 Å². The van der Waals surface area contributed by atoms with Crippen LogP contribution in [0.1, 0.15) is 36.9 Å². The largest absolute Gasteiger partial charge is 0.393 e. The first kappa shape index (κ1) is 24.1. The van der Waals surface area contributed by atoms with Gasteiger partial charge in [0, 0.05) is 39.9 Å². The van der Waals surface area contributed by atoms with E-state index >= 15 is 0 Å². The molecule has 0 spiro atoms. The molecule has 2 unspecified atom stereocenters.